The molecule has 2 rings (SSSR count). The lowest BCUT2D eigenvalue weighted by Crippen LogP contribution is -3.08. The van der Waals surface area contributed by atoms with Gasteiger partial charge in [-0.3, -0.25) is 0 Å². The molecule has 2 atom stereocenters. The highest BCUT2D eigenvalue weighted by Gasteiger charge is 2.44. The average molecular weight is 353 g/mol. The first-order valence-electron chi connectivity index (χ1n) is 10.0. The second-order valence-corrected chi connectivity index (χ2v) is 9.35. The van der Waals surface area contributed by atoms with Gasteiger partial charge in [0.25, 0.3) is 0 Å². The Morgan fingerprint density at radius 1 is 1.28 bits per heavy atom. The van der Waals surface area contributed by atoms with E-state index in [4.69, 9.17) is 9.15 Å². The van der Waals surface area contributed by atoms with E-state index >= 15 is 0 Å². The van der Waals surface area contributed by atoms with Crippen LogP contribution in [0.3, 0.4) is 0 Å². The molecule has 0 radical (unpaired) electrons. The molecule has 4 nitrogen and oxygen atoms in total. The highest BCUT2D eigenvalue weighted by Crippen LogP contribution is 2.37. The van der Waals surface area contributed by atoms with Crippen LogP contribution in [0.2, 0.25) is 0 Å². The molecular formula is C21H40N2O2+2. The summed E-state index contributed by atoms with van der Waals surface area (Å²) in [6.07, 6.45) is 5.32. The van der Waals surface area contributed by atoms with Crippen molar-refractivity contribution in [3.8, 4) is 0 Å². The van der Waals surface area contributed by atoms with Crippen molar-refractivity contribution in [1.82, 2.24) is 0 Å². The van der Waals surface area contributed by atoms with E-state index < -0.39 is 0 Å². The third-order valence-corrected chi connectivity index (χ3v) is 5.63. The van der Waals surface area contributed by atoms with E-state index in [0.29, 0.717) is 17.3 Å². The molecule has 25 heavy (non-hydrogen) atoms. The number of furan rings is 1. The second-order valence-electron chi connectivity index (χ2n) is 9.35. The molecule has 1 saturated heterocycles. The molecule has 0 bridgehead atoms. The van der Waals surface area contributed by atoms with Gasteiger partial charge in [0.1, 0.15) is 5.76 Å². The fourth-order valence-corrected chi connectivity index (χ4v) is 4.75. The van der Waals surface area contributed by atoms with Crippen LogP contribution in [-0.2, 0) is 4.74 Å². The van der Waals surface area contributed by atoms with Crippen LogP contribution in [0.5, 0.6) is 0 Å². The molecule has 1 aromatic heterocycles. The predicted molar refractivity (Wildman–Crippen MR) is 102 cm³/mol. The molecular weight excluding hydrogens is 312 g/mol. The Hall–Kier alpha value is -0.840. The van der Waals surface area contributed by atoms with Gasteiger partial charge in [0.05, 0.1) is 51.0 Å². The van der Waals surface area contributed by atoms with Gasteiger partial charge in [0.2, 0.25) is 0 Å². The first-order chi connectivity index (χ1) is 11.7. The number of nitrogens with one attached hydrogen (secondary N) is 1. The maximum Gasteiger partial charge on any atom is 0.107 e. The van der Waals surface area contributed by atoms with Crippen LogP contribution in [0.15, 0.2) is 22.8 Å². The number of ether oxygens (including phenoxy) is 1. The normalized spacial score (nSPS) is 24.8. The summed E-state index contributed by atoms with van der Waals surface area (Å²) >= 11 is 0. The minimum atomic E-state index is 0.0101. The first-order valence-corrected chi connectivity index (χ1v) is 10.0. The Bertz CT molecular complexity index is 496. The van der Waals surface area contributed by atoms with Gasteiger partial charge in [-0.15, -0.1) is 0 Å². The molecule has 0 aliphatic carbocycles. The van der Waals surface area contributed by atoms with Crippen LogP contribution in [-0.4, -0.2) is 45.9 Å². The molecule has 144 valence electrons. The molecule has 1 aliphatic rings. The summed E-state index contributed by atoms with van der Waals surface area (Å²) in [5.74, 6) is 2.28. The molecule has 0 aromatic carbocycles. The third kappa shape index (κ3) is 6.12. The minimum absolute atomic E-state index is 0.0101. The van der Waals surface area contributed by atoms with Gasteiger partial charge >= 0.3 is 0 Å². The summed E-state index contributed by atoms with van der Waals surface area (Å²) in [7, 11) is 4.55. The number of hydrogen-bond donors (Lipinski definition) is 2. The lowest BCUT2D eigenvalue weighted by atomic mass is 9.73. The maximum atomic E-state index is 5.99. The summed E-state index contributed by atoms with van der Waals surface area (Å²) in [6, 6.07) is 4.13. The van der Waals surface area contributed by atoms with Crippen molar-refractivity contribution in [3.05, 3.63) is 24.2 Å². The Kier molecular flexibility index (Phi) is 7.12. The molecule has 2 heterocycles. The van der Waals surface area contributed by atoms with E-state index in [2.05, 4.69) is 53.2 Å². The van der Waals surface area contributed by atoms with Gasteiger partial charge in [0.15, 0.2) is 0 Å². The van der Waals surface area contributed by atoms with E-state index in [1.165, 1.54) is 25.9 Å². The molecule has 3 N–H and O–H groups in total. The number of rotatable bonds is 9. The minimum Gasteiger partial charge on any atom is -0.469 e. The van der Waals surface area contributed by atoms with Crippen LogP contribution >= 0.6 is 0 Å². The van der Waals surface area contributed by atoms with E-state index in [0.717, 1.165) is 25.3 Å². The standard InChI is InChI=1S/C21H38N2O2/c1-17(2)18(19-8-7-12-24-19)9-11-22-15-21(16-23(5)6)10-13-25-20(3,4)14-21/h7-8,12,17-18,22H,9-11,13-16H2,1-6H3/p+2/t18-,21+/m0/s1. The molecule has 1 fully saturated rings. The van der Waals surface area contributed by atoms with Gasteiger partial charge in [-0.1, -0.05) is 13.8 Å². The molecule has 1 aromatic rings. The topological polar surface area (TPSA) is 43.4 Å². The largest absolute Gasteiger partial charge is 0.469 e. The van der Waals surface area contributed by atoms with E-state index in [-0.39, 0.29) is 5.60 Å². The van der Waals surface area contributed by atoms with E-state index in [1.54, 1.807) is 11.2 Å². The van der Waals surface area contributed by atoms with Crippen LogP contribution in [0.4, 0.5) is 0 Å². The lowest BCUT2D eigenvalue weighted by molar-refractivity contribution is -0.870. The van der Waals surface area contributed by atoms with Crippen LogP contribution in [0.1, 0.15) is 58.6 Å². The summed E-state index contributed by atoms with van der Waals surface area (Å²) in [6.45, 7) is 13.6. The summed E-state index contributed by atoms with van der Waals surface area (Å²) < 4.78 is 11.7. The highest BCUT2D eigenvalue weighted by atomic mass is 16.5. The van der Waals surface area contributed by atoms with Gasteiger partial charge in [0, 0.05) is 18.9 Å². The van der Waals surface area contributed by atoms with E-state index in [1.807, 2.05) is 6.07 Å². The van der Waals surface area contributed by atoms with Crippen LogP contribution in [0, 0.1) is 11.3 Å². The highest BCUT2D eigenvalue weighted by molar-refractivity contribution is 5.06. The quantitative estimate of drug-likeness (QED) is 0.664. The smallest absolute Gasteiger partial charge is 0.107 e. The molecule has 0 spiro atoms. The van der Waals surface area contributed by atoms with Crippen LogP contribution in [0.25, 0.3) is 0 Å². The van der Waals surface area contributed by atoms with Crippen molar-refractivity contribution >= 4 is 0 Å². The number of hydrogen-bond acceptors (Lipinski definition) is 2. The Morgan fingerprint density at radius 3 is 2.60 bits per heavy atom. The maximum absolute atomic E-state index is 5.99. The van der Waals surface area contributed by atoms with Crippen molar-refractivity contribution in [1.29, 1.82) is 0 Å². The zero-order chi connectivity index (χ0) is 18.5. The molecule has 0 amide bonds. The second kappa shape index (κ2) is 8.70. The zero-order valence-electron chi connectivity index (χ0n) is 17.2. The monoisotopic (exact) mass is 352 g/mol. The average Bonchev–Trinajstić information content (AvgIpc) is 2.98. The molecule has 1 aliphatic heterocycles. The van der Waals surface area contributed by atoms with Crippen molar-refractivity contribution in [2.75, 3.05) is 40.3 Å². The van der Waals surface area contributed by atoms with Gasteiger partial charge in [-0.05, 0) is 44.7 Å². The van der Waals surface area contributed by atoms with Gasteiger partial charge < -0.3 is 19.4 Å². The van der Waals surface area contributed by atoms with Crippen LogP contribution < -0.4 is 10.2 Å². The molecule has 0 unspecified atom stereocenters. The Labute approximate surface area is 154 Å². The first kappa shape index (κ1) is 20.5. The van der Waals surface area contributed by atoms with Gasteiger partial charge in [-0.25, -0.2) is 0 Å². The fraction of sp³-hybridized carbons (Fsp3) is 0.810. The lowest BCUT2D eigenvalue weighted by Gasteiger charge is -2.43. The molecule has 0 saturated carbocycles. The Balaban J connectivity index is 1.90. The molecule has 4 heteroatoms. The summed E-state index contributed by atoms with van der Waals surface area (Å²) in [5, 5.41) is 2.54. The van der Waals surface area contributed by atoms with E-state index in [9.17, 15) is 0 Å². The zero-order valence-corrected chi connectivity index (χ0v) is 17.2. The van der Waals surface area contributed by atoms with Crippen molar-refractivity contribution in [3.63, 3.8) is 0 Å². The SMILES string of the molecule is CC(C)[C@H](CC[NH2+]C[C@@]1(C[NH+](C)C)CCOC(C)(C)C1)c1ccco1. The van der Waals surface area contributed by atoms with Crippen molar-refractivity contribution < 1.29 is 19.4 Å². The number of nitrogens with two attached hydrogens (primary N) is 1. The number of quaternary nitrogens is 2. The predicted octanol–water partition coefficient (Wildman–Crippen LogP) is 1.69. The fourth-order valence-electron chi connectivity index (χ4n) is 4.75. The third-order valence-electron chi connectivity index (χ3n) is 5.63. The summed E-state index contributed by atoms with van der Waals surface area (Å²) in [4.78, 5) is 1.54. The van der Waals surface area contributed by atoms with Gasteiger partial charge in [-0.2, -0.15) is 0 Å². The Morgan fingerprint density at radius 2 is 2.04 bits per heavy atom. The van der Waals surface area contributed by atoms with Crippen molar-refractivity contribution in [2.24, 2.45) is 11.3 Å². The summed E-state index contributed by atoms with van der Waals surface area (Å²) in [5.41, 5.74) is 0.398. The van der Waals surface area contributed by atoms with Crippen molar-refractivity contribution in [2.45, 2.75) is 58.5 Å².